The maximum absolute atomic E-state index is 10.9. The number of nitro benzene ring substituents is 1. The van der Waals surface area contributed by atoms with Crippen LogP contribution in [-0.2, 0) is 0 Å². The third-order valence-corrected chi connectivity index (χ3v) is 3.13. The van der Waals surface area contributed by atoms with Gasteiger partial charge in [0.05, 0.1) is 21.5 Å². The summed E-state index contributed by atoms with van der Waals surface area (Å²) in [6, 6.07) is 14.2. The van der Waals surface area contributed by atoms with Gasteiger partial charge in [0.1, 0.15) is 0 Å². The summed E-state index contributed by atoms with van der Waals surface area (Å²) < 4.78 is 0. The van der Waals surface area contributed by atoms with Crippen molar-refractivity contribution in [3.63, 3.8) is 0 Å². The summed E-state index contributed by atoms with van der Waals surface area (Å²) in [5, 5.41) is 14.9. The molecule has 23 heavy (non-hydrogen) atoms. The van der Waals surface area contributed by atoms with Crippen molar-refractivity contribution in [1.29, 1.82) is 0 Å². The lowest BCUT2D eigenvalue weighted by Gasteiger charge is -1.95. The molecule has 0 aliphatic heterocycles. The fraction of sp³-hybridized carbons (Fsp3) is 0. The summed E-state index contributed by atoms with van der Waals surface area (Å²) in [5.74, 6) is 0.529. The van der Waals surface area contributed by atoms with E-state index in [0.717, 1.165) is 11.0 Å². The number of benzene rings is 2. The van der Waals surface area contributed by atoms with E-state index in [-0.39, 0.29) is 5.69 Å². The molecule has 0 saturated heterocycles. The summed E-state index contributed by atoms with van der Waals surface area (Å²) in [6.45, 7) is 0. The van der Waals surface area contributed by atoms with Crippen molar-refractivity contribution in [2.24, 2.45) is 5.10 Å². The van der Waals surface area contributed by atoms with E-state index in [2.05, 4.69) is 20.5 Å². The van der Waals surface area contributed by atoms with Crippen LogP contribution in [-0.4, -0.2) is 21.1 Å². The third-order valence-electron chi connectivity index (χ3n) is 3.13. The number of aromatic amines is 1. The lowest BCUT2D eigenvalue weighted by molar-refractivity contribution is -0.385. The molecule has 7 heteroatoms. The maximum Gasteiger partial charge on any atom is 0.276 e. The van der Waals surface area contributed by atoms with Gasteiger partial charge in [0.25, 0.3) is 5.69 Å². The number of fused-ring (bicyclic) bond motifs is 1. The maximum atomic E-state index is 10.9. The van der Waals surface area contributed by atoms with Gasteiger partial charge in [0.15, 0.2) is 0 Å². The first-order valence-electron chi connectivity index (χ1n) is 6.88. The number of aromatic nitrogens is 2. The molecule has 0 amide bonds. The van der Waals surface area contributed by atoms with Crippen molar-refractivity contribution in [2.75, 3.05) is 5.43 Å². The molecule has 3 rings (SSSR count). The van der Waals surface area contributed by atoms with Crippen LogP contribution < -0.4 is 5.43 Å². The van der Waals surface area contributed by atoms with Crippen LogP contribution in [0.15, 0.2) is 59.7 Å². The summed E-state index contributed by atoms with van der Waals surface area (Å²) in [5.41, 5.74) is 5.12. The number of hydrogen-bond acceptors (Lipinski definition) is 5. The van der Waals surface area contributed by atoms with E-state index < -0.39 is 4.92 Å². The molecule has 0 fully saturated rings. The van der Waals surface area contributed by atoms with Gasteiger partial charge in [-0.2, -0.15) is 5.10 Å². The van der Waals surface area contributed by atoms with E-state index in [4.69, 9.17) is 0 Å². The first-order valence-corrected chi connectivity index (χ1v) is 6.88. The van der Waals surface area contributed by atoms with Crippen molar-refractivity contribution < 1.29 is 4.92 Å². The number of hydrazone groups is 1. The molecule has 1 heterocycles. The number of nitrogens with zero attached hydrogens (tertiary/aromatic N) is 3. The van der Waals surface area contributed by atoms with Gasteiger partial charge in [-0.3, -0.25) is 10.1 Å². The van der Waals surface area contributed by atoms with Gasteiger partial charge in [0, 0.05) is 12.3 Å². The van der Waals surface area contributed by atoms with Crippen LogP contribution in [0.5, 0.6) is 0 Å². The highest BCUT2D eigenvalue weighted by Crippen LogP contribution is 2.18. The van der Waals surface area contributed by atoms with Gasteiger partial charge in [-0.1, -0.05) is 24.3 Å². The summed E-state index contributed by atoms with van der Waals surface area (Å²) >= 11 is 0. The van der Waals surface area contributed by atoms with Crippen LogP contribution in [0.25, 0.3) is 17.1 Å². The van der Waals surface area contributed by atoms with E-state index in [1.807, 2.05) is 24.3 Å². The molecular formula is C16H13N5O2. The molecule has 1 aromatic heterocycles. The van der Waals surface area contributed by atoms with Crippen molar-refractivity contribution in [3.05, 3.63) is 70.3 Å². The van der Waals surface area contributed by atoms with E-state index in [1.54, 1.807) is 30.4 Å². The van der Waals surface area contributed by atoms with Crippen LogP contribution in [0.4, 0.5) is 11.6 Å². The molecule has 0 bridgehead atoms. The topological polar surface area (TPSA) is 96.2 Å². The molecule has 0 aliphatic rings. The van der Waals surface area contributed by atoms with Gasteiger partial charge in [0.2, 0.25) is 5.95 Å². The number of nitro groups is 1. The Morgan fingerprint density at radius 3 is 2.78 bits per heavy atom. The molecule has 0 unspecified atom stereocenters. The van der Waals surface area contributed by atoms with Gasteiger partial charge >= 0.3 is 0 Å². The molecular weight excluding hydrogens is 294 g/mol. The normalized spacial score (nSPS) is 11.5. The van der Waals surface area contributed by atoms with Crippen LogP contribution in [0.1, 0.15) is 5.56 Å². The Bertz CT molecular complexity index is 865. The molecule has 2 N–H and O–H groups in total. The van der Waals surface area contributed by atoms with Gasteiger partial charge in [-0.15, -0.1) is 0 Å². The molecule has 3 aromatic rings. The second-order valence-corrected chi connectivity index (χ2v) is 4.67. The van der Waals surface area contributed by atoms with Crippen molar-refractivity contribution in [1.82, 2.24) is 9.97 Å². The Kier molecular flexibility index (Phi) is 4.10. The molecule has 0 saturated carbocycles. The Balaban J connectivity index is 1.66. The average molecular weight is 307 g/mol. The number of H-pyrrole nitrogens is 1. The highest BCUT2D eigenvalue weighted by Gasteiger charge is 2.08. The number of anilines is 1. The zero-order valence-corrected chi connectivity index (χ0v) is 12.0. The quantitative estimate of drug-likeness (QED) is 0.428. The minimum Gasteiger partial charge on any atom is -0.323 e. The van der Waals surface area contributed by atoms with Crippen molar-refractivity contribution in [2.45, 2.75) is 0 Å². The minimum atomic E-state index is -0.413. The average Bonchev–Trinajstić information content (AvgIpc) is 2.97. The Hall–Kier alpha value is -3.48. The standard InChI is InChI=1S/C16H13N5O2/c22-21(23)15-10-4-1-6-12(15)7-5-11-17-20-16-18-13-8-2-3-9-14(13)19-16/h1-11H,(H2,18,19,20)/b7-5+,17-11+. The molecule has 7 nitrogen and oxygen atoms in total. The number of imidazole rings is 1. The number of para-hydroxylation sites is 3. The second kappa shape index (κ2) is 6.52. The van der Waals surface area contributed by atoms with Crippen LogP contribution in [0.3, 0.4) is 0 Å². The highest BCUT2D eigenvalue weighted by atomic mass is 16.6. The van der Waals surface area contributed by atoms with Crippen LogP contribution >= 0.6 is 0 Å². The monoisotopic (exact) mass is 307 g/mol. The van der Waals surface area contributed by atoms with E-state index in [1.165, 1.54) is 12.3 Å². The largest absolute Gasteiger partial charge is 0.323 e. The van der Waals surface area contributed by atoms with Crippen molar-refractivity contribution >= 4 is 35.0 Å². The SMILES string of the molecule is O=[N+]([O-])c1ccccc1/C=C/C=N/Nc1nc2ccccc2[nH]1. The first-order chi connectivity index (χ1) is 11.2. The smallest absolute Gasteiger partial charge is 0.276 e. The number of nitrogens with one attached hydrogen (secondary N) is 2. The van der Waals surface area contributed by atoms with Crippen LogP contribution in [0, 0.1) is 10.1 Å². The molecule has 0 aliphatic carbocycles. The predicted octanol–water partition coefficient (Wildman–Crippen LogP) is 3.58. The molecule has 2 aromatic carbocycles. The first kappa shape index (κ1) is 14.5. The third kappa shape index (κ3) is 3.41. The lowest BCUT2D eigenvalue weighted by Crippen LogP contribution is -1.91. The number of hydrogen-bond donors (Lipinski definition) is 2. The van der Waals surface area contributed by atoms with Gasteiger partial charge in [-0.25, -0.2) is 10.4 Å². The highest BCUT2D eigenvalue weighted by molar-refractivity contribution is 5.81. The summed E-state index contributed by atoms with van der Waals surface area (Å²) in [4.78, 5) is 17.9. The molecule has 114 valence electrons. The minimum absolute atomic E-state index is 0.0578. The zero-order chi connectivity index (χ0) is 16.1. The Morgan fingerprint density at radius 2 is 1.96 bits per heavy atom. The van der Waals surface area contributed by atoms with E-state index in [9.17, 15) is 10.1 Å². The number of allylic oxidation sites excluding steroid dienone is 1. The van der Waals surface area contributed by atoms with E-state index in [0.29, 0.717) is 11.5 Å². The molecule has 0 atom stereocenters. The predicted molar refractivity (Wildman–Crippen MR) is 90.3 cm³/mol. The van der Waals surface area contributed by atoms with Crippen molar-refractivity contribution in [3.8, 4) is 0 Å². The number of rotatable bonds is 5. The Labute approximate surface area is 131 Å². The lowest BCUT2D eigenvalue weighted by atomic mass is 10.2. The fourth-order valence-corrected chi connectivity index (χ4v) is 2.09. The second-order valence-electron chi connectivity index (χ2n) is 4.67. The van der Waals surface area contributed by atoms with E-state index >= 15 is 0 Å². The summed E-state index contributed by atoms with van der Waals surface area (Å²) in [7, 11) is 0. The summed E-state index contributed by atoms with van der Waals surface area (Å²) in [6.07, 6.45) is 4.75. The fourth-order valence-electron chi connectivity index (χ4n) is 2.09. The zero-order valence-electron chi connectivity index (χ0n) is 12.0. The van der Waals surface area contributed by atoms with Crippen LogP contribution in [0.2, 0.25) is 0 Å². The van der Waals surface area contributed by atoms with Gasteiger partial charge in [-0.05, 0) is 30.4 Å². The molecule has 0 spiro atoms. The molecule has 0 radical (unpaired) electrons. The van der Waals surface area contributed by atoms with Gasteiger partial charge < -0.3 is 4.98 Å². The Morgan fingerprint density at radius 1 is 1.17 bits per heavy atom.